The minimum absolute atomic E-state index is 0.00287. The summed E-state index contributed by atoms with van der Waals surface area (Å²) in [6.45, 7) is 4.49. The molecule has 0 radical (unpaired) electrons. The van der Waals surface area contributed by atoms with Crippen molar-refractivity contribution in [1.82, 2.24) is 14.8 Å². The number of carbonyl (C=O) groups is 1. The number of nitrogens with zero attached hydrogens (tertiary/aromatic N) is 4. The fraction of sp³-hybridized carbons (Fsp3) is 0.269. The number of hydrogen-bond acceptors (Lipinski definition) is 9. The van der Waals surface area contributed by atoms with Crippen LogP contribution in [0.5, 0.6) is 5.75 Å². The quantitative estimate of drug-likeness (QED) is 0.480. The number of benzene rings is 1. The molecule has 0 atom stereocenters. The highest BCUT2D eigenvalue weighted by Gasteiger charge is 2.28. The molecule has 2 aromatic heterocycles. The van der Waals surface area contributed by atoms with Crippen LogP contribution in [-0.4, -0.2) is 78.5 Å². The molecule has 10 heteroatoms. The van der Waals surface area contributed by atoms with E-state index in [9.17, 15) is 14.3 Å². The number of allylic oxidation sites excluding steroid dienone is 1. The molecule has 1 fully saturated rings. The van der Waals surface area contributed by atoms with Gasteiger partial charge >= 0.3 is 5.97 Å². The van der Waals surface area contributed by atoms with E-state index in [0.717, 1.165) is 31.7 Å². The summed E-state index contributed by atoms with van der Waals surface area (Å²) in [5, 5.41) is 13.9. The lowest BCUT2D eigenvalue weighted by Gasteiger charge is -2.31. The van der Waals surface area contributed by atoms with E-state index in [2.05, 4.69) is 32.1 Å². The van der Waals surface area contributed by atoms with Crippen LogP contribution in [0.15, 0.2) is 52.0 Å². The van der Waals surface area contributed by atoms with E-state index in [1.807, 2.05) is 6.07 Å². The molecule has 2 aliphatic rings. The molecule has 186 valence electrons. The van der Waals surface area contributed by atoms with Crippen LogP contribution in [0.2, 0.25) is 0 Å². The van der Waals surface area contributed by atoms with Crippen molar-refractivity contribution in [2.45, 2.75) is 0 Å². The average molecular weight is 492 g/mol. The Morgan fingerprint density at radius 2 is 2.00 bits per heavy atom. The third-order valence-corrected chi connectivity index (χ3v) is 6.16. The second-order valence-corrected chi connectivity index (χ2v) is 8.66. The summed E-state index contributed by atoms with van der Waals surface area (Å²) in [6, 6.07) is 9.20. The number of fused-ring (bicyclic) bond motifs is 1. The summed E-state index contributed by atoms with van der Waals surface area (Å²) in [6.07, 6.45) is 4.84. The molecule has 0 aliphatic carbocycles. The fourth-order valence-corrected chi connectivity index (χ4v) is 4.07. The van der Waals surface area contributed by atoms with Gasteiger partial charge in [0.25, 0.3) is 0 Å². The number of likely N-dealkylation sites (N-methyl/N-ethyl adjacent to an activating group) is 1. The van der Waals surface area contributed by atoms with E-state index in [1.165, 1.54) is 24.3 Å². The summed E-state index contributed by atoms with van der Waals surface area (Å²) in [5.41, 5.74) is 1.79. The first-order valence-electron chi connectivity index (χ1n) is 11.7. The Morgan fingerprint density at radius 3 is 2.78 bits per heavy atom. The van der Waals surface area contributed by atoms with Gasteiger partial charge in [-0.1, -0.05) is 0 Å². The average Bonchev–Trinajstić information content (AvgIpc) is 3.42. The standard InChI is InChI=1S/C26H26FN5O4/c1-31-9-11-32(12-10-31)13-14-35-26(34)22-23(33)21(15-17-16-29-24-20(17)3-2-8-28-24)36-25(22)30-19-6-4-18(27)5-7-19/h2-8,15-16,30,33H,9-14H2,1H3. The van der Waals surface area contributed by atoms with Crippen LogP contribution >= 0.6 is 0 Å². The first kappa shape index (κ1) is 23.7. The number of hydrogen-bond donors (Lipinski definition) is 2. The molecule has 0 spiro atoms. The summed E-state index contributed by atoms with van der Waals surface area (Å²) in [7, 11) is 2.08. The van der Waals surface area contributed by atoms with Crippen molar-refractivity contribution >= 4 is 41.2 Å². The number of aromatic nitrogens is 1. The summed E-state index contributed by atoms with van der Waals surface area (Å²) in [4.78, 5) is 26.0. The zero-order valence-corrected chi connectivity index (χ0v) is 19.8. The largest absolute Gasteiger partial charge is 0.504 e. The third-order valence-electron chi connectivity index (χ3n) is 6.16. The van der Waals surface area contributed by atoms with Gasteiger partial charge in [0.1, 0.15) is 12.4 Å². The van der Waals surface area contributed by atoms with Gasteiger partial charge in [-0.15, -0.1) is 0 Å². The van der Waals surface area contributed by atoms with E-state index in [4.69, 9.17) is 9.15 Å². The predicted molar refractivity (Wildman–Crippen MR) is 135 cm³/mol. The Kier molecular flexibility index (Phi) is 6.79. The number of carbonyl (C=O) groups excluding carboxylic acids is 1. The summed E-state index contributed by atoms with van der Waals surface area (Å²) >= 11 is 0. The van der Waals surface area contributed by atoms with Crippen LogP contribution in [-0.2, 0) is 4.74 Å². The van der Waals surface area contributed by atoms with Crippen LogP contribution in [0.4, 0.5) is 21.8 Å². The Bertz CT molecular complexity index is 1310. The van der Waals surface area contributed by atoms with Crippen LogP contribution in [0, 0.1) is 5.82 Å². The minimum Gasteiger partial charge on any atom is -0.504 e. The highest BCUT2D eigenvalue weighted by atomic mass is 19.1. The fourth-order valence-electron chi connectivity index (χ4n) is 4.07. The molecule has 5 rings (SSSR count). The van der Waals surface area contributed by atoms with Gasteiger partial charge in [-0.2, -0.15) is 0 Å². The van der Waals surface area contributed by atoms with Gasteiger partial charge in [-0.25, -0.2) is 19.2 Å². The zero-order valence-electron chi connectivity index (χ0n) is 19.8. The molecule has 2 aliphatic heterocycles. The number of aromatic hydroxyl groups is 1. The van der Waals surface area contributed by atoms with E-state index in [-0.39, 0.29) is 29.6 Å². The predicted octanol–water partition coefficient (Wildman–Crippen LogP) is 3.92. The Balaban J connectivity index is 1.39. The number of halogens is 1. The molecular formula is C26H26FN5O4. The number of pyridine rings is 1. The number of aliphatic imine (C=N–C) groups is 1. The zero-order chi connectivity index (χ0) is 25.1. The van der Waals surface area contributed by atoms with Crippen molar-refractivity contribution in [3.63, 3.8) is 0 Å². The van der Waals surface area contributed by atoms with Crippen LogP contribution in [0.3, 0.4) is 0 Å². The lowest BCUT2D eigenvalue weighted by atomic mass is 10.1. The highest BCUT2D eigenvalue weighted by molar-refractivity contribution is 6.21. The lowest BCUT2D eigenvalue weighted by molar-refractivity contribution is 0.0430. The molecular weight excluding hydrogens is 465 g/mol. The summed E-state index contributed by atoms with van der Waals surface area (Å²) in [5.74, 6) is -0.863. The van der Waals surface area contributed by atoms with Crippen molar-refractivity contribution in [1.29, 1.82) is 0 Å². The molecule has 0 amide bonds. The maximum atomic E-state index is 13.4. The van der Waals surface area contributed by atoms with Crippen molar-refractivity contribution in [2.75, 3.05) is 51.7 Å². The lowest BCUT2D eigenvalue weighted by Crippen LogP contribution is -2.45. The molecule has 0 saturated carbocycles. The van der Waals surface area contributed by atoms with E-state index in [0.29, 0.717) is 23.6 Å². The number of anilines is 2. The maximum absolute atomic E-state index is 13.4. The highest BCUT2D eigenvalue weighted by Crippen LogP contribution is 2.39. The van der Waals surface area contributed by atoms with Crippen LogP contribution < -0.4 is 5.32 Å². The summed E-state index contributed by atoms with van der Waals surface area (Å²) < 4.78 is 24.7. The smallest absolute Gasteiger partial charge is 0.347 e. The van der Waals surface area contributed by atoms with E-state index >= 15 is 0 Å². The Labute approximate surface area is 207 Å². The van der Waals surface area contributed by atoms with Crippen LogP contribution in [0.25, 0.3) is 11.6 Å². The van der Waals surface area contributed by atoms with E-state index < -0.39 is 11.8 Å². The SMILES string of the molecule is CN1CCN(CCOC(=O)c2c(Nc3ccc(F)cc3)oc(C=C3C=Nc4ncccc43)c2O)CC1. The van der Waals surface area contributed by atoms with Gasteiger partial charge < -0.3 is 24.5 Å². The third kappa shape index (κ3) is 5.14. The molecule has 1 aromatic carbocycles. The number of rotatable bonds is 7. The molecule has 36 heavy (non-hydrogen) atoms. The number of ether oxygens (including phenoxy) is 1. The van der Waals surface area contributed by atoms with Crippen molar-refractivity contribution in [3.8, 4) is 5.75 Å². The number of furan rings is 1. The van der Waals surface area contributed by atoms with Gasteiger partial charge in [0.05, 0.1) is 0 Å². The first-order valence-corrected chi connectivity index (χ1v) is 11.7. The second-order valence-electron chi connectivity index (χ2n) is 8.66. The van der Waals surface area contributed by atoms with Gasteiger partial charge in [-0.05, 0) is 49.5 Å². The van der Waals surface area contributed by atoms with Crippen molar-refractivity contribution in [3.05, 3.63) is 65.3 Å². The Hall–Kier alpha value is -4.02. The van der Waals surface area contributed by atoms with E-state index in [1.54, 1.807) is 24.6 Å². The molecule has 0 bridgehead atoms. The molecule has 0 unspecified atom stereocenters. The number of nitrogens with one attached hydrogen (secondary N) is 1. The molecule has 4 heterocycles. The maximum Gasteiger partial charge on any atom is 0.347 e. The Morgan fingerprint density at radius 1 is 1.22 bits per heavy atom. The molecule has 9 nitrogen and oxygen atoms in total. The number of piperazine rings is 1. The monoisotopic (exact) mass is 491 g/mol. The van der Waals surface area contributed by atoms with Crippen molar-refractivity contribution < 1.29 is 23.4 Å². The van der Waals surface area contributed by atoms with Crippen molar-refractivity contribution in [2.24, 2.45) is 4.99 Å². The second kappa shape index (κ2) is 10.3. The molecule has 3 aromatic rings. The van der Waals surface area contributed by atoms with Gasteiger partial charge in [-0.3, -0.25) is 4.90 Å². The molecule has 2 N–H and O–H groups in total. The topological polar surface area (TPSA) is 103 Å². The van der Waals surface area contributed by atoms with Crippen LogP contribution in [0.1, 0.15) is 21.7 Å². The minimum atomic E-state index is -0.721. The van der Waals surface area contributed by atoms with Gasteiger partial charge in [0, 0.05) is 62.0 Å². The number of esters is 1. The molecule has 1 saturated heterocycles. The van der Waals surface area contributed by atoms with Gasteiger partial charge in [0.15, 0.2) is 22.9 Å². The van der Waals surface area contributed by atoms with Gasteiger partial charge in [0.2, 0.25) is 5.88 Å². The normalized spacial score (nSPS) is 16.9. The first-order chi connectivity index (χ1) is 17.5.